The molecule has 1 N–H and O–H groups in total. The van der Waals surface area contributed by atoms with Gasteiger partial charge in [0.1, 0.15) is 5.52 Å². The monoisotopic (exact) mass is 336 g/mol. The number of hydrogen-bond donors (Lipinski definition) is 1. The quantitative estimate of drug-likeness (QED) is 0.742. The number of halogens is 3. The van der Waals surface area contributed by atoms with E-state index in [2.05, 4.69) is 9.97 Å². The van der Waals surface area contributed by atoms with Gasteiger partial charge in [0.05, 0.1) is 22.8 Å². The zero-order valence-electron chi connectivity index (χ0n) is 12.7. The highest BCUT2D eigenvalue weighted by Gasteiger charge is 2.31. The summed E-state index contributed by atoms with van der Waals surface area (Å²) in [6.45, 7) is 1.57. The van der Waals surface area contributed by atoms with Gasteiger partial charge in [0.2, 0.25) is 5.95 Å². The second-order valence-electron chi connectivity index (χ2n) is 6.01. The molecule has 24 heavy (non-hydrogen) atoms. The van der Waals surface area contributed by atoms with Crippen LogP contribution in [0.1, 0.15) is 24.8 Å². The van der Waals surface area contributed by atoms with Crippen LogP contribution in [0.15, 0.2) is 29.2 Å². The van der Waals surface area contributed by atoms with Crippen LogP contribution in [0, 0.1) is 0 Å². The molecule has 0 atom stereocenters. The molecule has 0 bridgehead atoms. The summed E-state index contributed by atoms with van der Waals surface area (Å²) in [5, 5.41) is 0. The first-order valence-electron chi connectivity index (χ1n) is 7.81. The van der Waals surface area contributed by atoms with Gasteiger partial charge >= 0.3 is 6.18 Å². The molecule has 0 aliphatic carbocycles. The number of nitrogens with zero attached hydrogens (tertiary/aromatic N) is 3. The summed E-state index contributed by atoms with van der Waals surface area (Å²) in [6, 6.07) is 3.33. The second kappa shape index (κ2) is 5.25. The molecule has 5 nitrogen and oxygen atoms in total. The largest absolute Gasteiger partial charge is 0.416 e. The Morgan fingerprint density at radius 2 is 1.83 bits per heavy atom. The topological polar surface area (TPSA) is 53.4 Å². The Balaban J connectivity index is 2.02. The molecule has 1 aliphatic heterocycles. The lowest BCUT2D eigenvalue weighted by Crippen LogP contribution is -2.31. The fourth-order valence-electron chi connectivity index (χ4n) is 3.24. The van der Waals surface area contributed by atoms with E-state index in [0.717, 1.165) is 44.5 Å². The van der Waals surface area contributed by atoms with Crippen molar-refractivity contribution in [3.8, 4) is 0 Å². The summed E-state index contributed by atoms with van der Waals surface area (Å²) < 4.78 is 40.7. The van der Waals surface area contributed by atoms with Crippen LogP contribution in [0.3, 0.4) is 0 Å². The van der Waals surface area contributed by atoms with Crippen molar-refractivity contribution >= 4 is 22.5 Å². The number of hydrogen-bond acceptors (Lipinski definition) is 3. The molecule has 2 aromatic heterocycles. The van der Waals surface area contributed by atoms with Crippen molar-refractivity contribution in [3.05, 3.63) is 40.3 Å². The summed E-state index contributed by atoms with van der Waals surface area (Å²) in [5.41, 5.74) is -0.198. The molecular formula is C16H15F3N4O. The maximum Gasteiger partial charge on any atom is 0.416 e. The summed E-state index contributed by atoms with van der Waals surface area (Å²) in [6.07, 6.45) is 0.109. The molecule has 1 saturated heterocycles. The van der Waals surface area contributed by atoms with Crippen molar-refractivity contribution in [1.82, 2.24) is 14.4 Å². The van der Waals surface area contributed by atoms with Crippen molar-refractivity contribution in [2.24, 2.45) is 0 Å². The van der Waals surface area contributed by atoms with Crippen molar-refractivity contribution in [1.29, 1.82) is 0 Å². The van der Waals surface area contributed by atoms with E-state index in [1.54, 1.807) is 0 Å². The summed E-state index contributed by atoms with van der Waals surface area (Å²) in [4.78, 5) is 21.2. The second-order valence-corrected chi connectivity index (χ2v) is 6.01. The number of H-pyrrole nitrogens is 1. The molecule has 3 aromatic rings. The van der Waals surface area contributed by atoms with Crippen LogP contribution in [0.25, 0.3) is 16.6 Å². The Labute approximate surface area is 134 Å². The zero-order chi connectivity index (χ0) is 16.9. The minimum atomic E-state index is -4.44. The lowest BCUT2D eigenvalue weighted by molar-refractivity contribution is -0.137. The minimum Gasteiger partial charge on any atom is -0.342 e. The Bertz CT molecular complexity index is 967. The summed E-state index contributed by atoms with van der Waals surface area (Å²) >= 11 is 0. The highest BCUT2D eigenvalue weighted by Crippen LogP contribution is 2.32. The predicted octanol–water partition coefficient (Wildman–Crippen LogP) is 3.18. The number of imidazole rings is 1. The molecule has 0 spiro atoms. The maximum absolute atomic E-state index is 13.1. The standard InChI is InChI=1S/C16H15F3N4O/c17-16(18,19)10-4-5-11-12(8-10)23-13(14(24)21-11)9-20-15(23)22-6-2-1-3-7-22/h4-5,8-9H,1-3,6-7H2,(H,21,24). The fourth-order valence-corrected chi connectivity index (χ4v) is 3.24. The van der Waals surface area contributed by atoms with Gasteiger partial charge in [0.15, 0.2) is 0 Å². The Hall–Kier alpha value is -2.51. The van der Waals surface area contributed by atoms with Gasteiger partial charge in [-0.05, 0) is 37.5 Å². The lowest BCUT2D eigenvalue weighted by Gasteiger charge is -2.27. The van der Waals surface area contributed by atoms with E-state index in [0.29, 0.717) is 17.0 Å². The van der Waals surface area contributed by atoms with Crippen molar-refractivity contribution in [3.63, 3.8) is 0 Å². The number of aromatic nitrogens is 3. The van der Waals surface area contributed by atoms with Gasteiger partial charge in [-0.25, -0.2) is 4.98 Å². The van der Waals surface area contributed by atoms with Gasteiger partial charge in [0.25, 0.3) is 5.56 Å². The highest BCUT2D eigenvalue weighted by molar-refractivity contribution is 5.80. The zero-order valence-corrected chi connectivity index (χ0v) is 12.7. The van der Waals surface area contributed by atoms with Crippen LogP contribution < -0.4 is 10.5 Å². The van der Waals surface area contributed by atoms with Crippen molar-refractivity contribution < 1.29 is 13.2 Å². The van der Waals surface area contributed by atoms with Gasteiger partial charge < -0.3 is 9.88 Å². The van der Waals surface area contributed by atoms with Gasteiger partial charge in [-0.2, -0.15) is 13.2 Å². The van der Waals surface area contributed by atoms with E-state index < -0.39 is 11.7 Å². The maximum atomic E-state index is 13.1. The third kappa shape index (κ3) is 2.33. The van der Waals surface area contributed by atoms with E-state index in [4.69, 9.17) is 0 Å². The first kappa shape index (κ1) is 15.0. The number of fused-ring (bicyclic) bond motifs is 3. The lowest BCUT2D eigenvalue weighted by atomic mass is 10.1. The molecule has 1 aromatic carbocycles. The Morgan fingerprint density at radius 1 is 1.08 bits per heavy atom. The molecule has 1 fully saturated rings. The highest BCUT2D eigenvalue weighted by atomic mass is 19.4. The van der Waals surface area contributed by atoms with Crippen LogP contribution >= 0.6 is 0 Å². The molecule has 1 aliphatic rings. The van der Waals surface area contributed by atoms with Gasteiger partial charge in [-0.15, -0.1) is 0 Å². The average Bonchev–Trinajstić information content (AvgIpc) is 3.00. The third-order valence-corrected chi connectivity index (χ3v) is 4.43. The van der Waals surface area contributed by atoms with E-state index in [1.165, 1.54) is 16.7 Å². The number of anilines is 1. The molecule has 0 amide bonds. The molecule has 8 heteroatoms. The number of rotatable bonds is 1. The summed E-state index contributed by atoms with van der Waals surface area (Å²) in [7, 11) is 0. The minimum absolute atomic E-state index is 0.252. The molecule has 0 radical (unpaired) electrons. The fraction of sp³-hybridized carbons (Fsp3) is 0.375. The van der Waals surface area contributed by atoms with Crippen LogP contribution in [-0.4, -0.2) is 27.5 Å². The Morgan fingerprint density at radius 3 is 2.54 bits per heavy atom. The average molecular weight is 336 g/mol. The first-order chi connectivity index (χ1) is 11.4. The molecule has 0 saturated carbocycles. The van der Waals surface area contributed by atoms with E-state index in [9.17, 15) is 18.0 Å². The van der Waals surface area contributed by atoms with E-state index in [1.807, 2.05) is 4.90 Å². The van der Waals surface area contributed by atoms with E-state index >= 15 is 0 Å². The number of piperidine rings is 1. The SMILES string of the molecule is O=c1[nH]c2ccc(C(F)(F)F)cc2n2c(N3CCCCC3)ncc12. The summed E-state index contributed by atoms with van der Waals surface area (Å²) in [5.74, 6) is 0.528. The normalized spacial score (nSPS) is 16.2. The van der Waals surface area contributed by atoms with Crippen LogP contribution in [0.5, 0.6) is 0 Å². The van der Waals surface area contributed by atoms with Crippen LogP contribution in [-0.2, 0) is 6.18 Å². The number of aromatic amines is 1. The van der Waals surface area contributed by atoms with Crippen molar-refractivity contribution in [2.75, 3.05) is 18.0 Å². The van der Waals surface area contributed by atoms with Gasteiger partial charge in [-0.3, -0.25) is 9.20 Å². The molecule has 126 valence electrons. The first-order valence-corrected chi connectivity index (χ1v) is 7.81. The van der Waals surface area contributed by atoms with Crippen molar-refractivity contribution in [2.45, 2.75) is 25.4 Å². The van der Waals surface area contributed by atoms with Crippen LogP contribution in [0.4, 0.5) is 19.1 Å². The molecule has 4 rings (SSSR count). The van der Waals surface area contributed by atoms with Crippen LogP contribution in [0.2, 0.25) is 0 Å². The molecule has 0 unspecified atom stereocenters. The van der Waals surface area contributed by atoms with Gasteiger partial charge in [0, 0.05) is 13.1 Å². The number of benzene rings is 1. The molecular weight excluding hydrogens is 321 g/mol. The third-order valence-electron chi connectivity index (χ3n) is 4.43. The number of nitrogens with one attached hydrogen (secondary N) is 1. The number of alkyl halides is 3. The van der Waals surface area contributed by atoms with Gasteiger partial charge in [-0.1, -0.05) is 0 Å². The molecule has 3 heterocycles. The smallest absolute Gasteiger partial charge is 0.342 e. The Kier molecular flexibility index (Phi) is 3.29. The predicted molar refractivity (Wildman–Crippen MR) is 84.4 cm³/mol. The van der Waals surface area contributed by atoms with E-state index in [-0.39, 0.29) is 11.1 Å².